The lowest BCUT2D eigenvalue weighted by Gasteiger charge is -2.00. The highest BCUT2D eigenvalue weighted by Gasteiger charge is 2.03. The molecule has 0 spiro atoms. The van der Waals surface area contributed by atoms with Crippen LogP contribution >= 0.6 is 0 Å². The first-order chi connectivity index (χ1) is 5.75. The average Bonchev–Trinajstić information content (AvgIpc) is 2.04. The molecule has 1 rings (SSSR count). The molecule has 2 N–H and O–H groups in total. The fourth-order valence-corrected chi connectivity index (χ4v) is 1.10. The molecule has 0 atom stereocenters. The molecule has 0 fully saturated rings. The fourth-order valence-electron chi connectivity index (χ4n) is 1.10. The first-order valence-electron chi connectivity index (χ1n) is 4.15. The van der Waals surface area contributed by atoms with Gasteiger partial charge >= 0.3 is 0 Å². The minimum atomic E-state index is -0.177. The van der Waals surface area contributed by atoms with Crippen molar-refractivity contribution in [2.45, 2.75) is 26.2 Å². The average molecular weight is 167 g/mol. The van der Waals surface area contributed by atoms with Crippen molar-refractivity contribution in [1.29, 1.82) is 0 Å². The molecular formula is C9H13NO2. The number of rotatable bonds is 3. The van der Waals surface area contributed by atoms with Crippen molar-refractivity contribution in [3.05, 3.63) is 28.2 Å². The Labute approximate surface area is 71.1 Å². The van der Waals surface area contributed by atoms with Gasteiger partial charge in [-0.3, -0.25) is 4.79 Å². The van der Waals surface area contributed by atoms with Crippen LogP contribution in [0.2, 0.25) is 0 Å². The summed E-state index contributed by atoms with van der Waals surface area (Å²) in [7, 11) is 0. The van der Waals surface area contributed by atoms with E-state index in [9.17, 15) is 9.90 Å². The minimum Gasteiger partial charge on any atom is -0.507 e. The summed E-state index contributed by atoms with van der Waals surface area (Å²) in [5, 5.41) is 9.30. The van der Waals surface area contributed by atoms with E-state index in [-0.39, 0.29) is 11.3 Å². The third kappa shape index (κ3) is 1.87. The highest BCUT2D eigenvalue weighted by atomic mass is 16.3. The summed E-state index contributed by atoms with van der Waals surface area (Å²) >= 11 is 0. The van der Waals surface area contributed by atoms with E-state index in [1.165, 1.54) is 12.3 Å². The maximum atomic E-state index is 11.1. The lowest BCUT2D eigenvalue weighted by atomic mass is 10.1. The SMILES string of the molecule is CCCCc1c(O)cc[nH]c1=O. The number of aromatic amines is 1. The van der Waals surface area contributed by atoms with Crippen molar-refractivity contribution in [2.75, 3.05) is 0 Å². The van der Waals surface area contributed by atoms with Crippen LogP contribution in [0, 0.1) is 0 Å². The molecule has 0 saturated heterocycles. The van der Waals surface area contributed by atoms with Gasteiger partial charge in [0.2, 0.25) is 0 Å². The second-order valence-corrected chi connectivity index (χ2v) is 2.77. The number of nitrogens with one attached hydrogen (secondary N) is 1. The van der Waals surface area contributed by atoms with Gasteiger partial charge in [0, 0.05) is 6.20 Å². The van der Waals surface area contributed by atoms with E-state index in [2.05, 4.69) is 4.98 Å². The molecule has 1 aromatic heterocycles. The Morgan fingerprint density at radius 3 is 2.92 bits per heavy atom. The summed E-state index contributed by atoms with van der Waals surface area (Å²) in [4.78, 5) is 13.7. The van der Waals surface area contributed by atoms with E-state index < -0.39 is 0 Å². The van der Waals surface area contributed by atoms with E-state index in [1.54, 1.807) is 0 Å². The predicted molar refractivity (Wildman–Crippen MR) is 47.3 cm³/mol. The maximum Gasteiger partial charge on any atom is 0.254 e. The molecule has 1 aromatic rings. The van der Waals surface area contributed by atoms with E-state index in [0.29, 0.717) is 12.0 Å². The van der Waals surface area contributed by atoms with Crippen LogP contribution in [0.4, 0.5) is 0 Å². The van der Waals surface area contributed by atoms with E-state index in [1.807, 2.05) is 6.92 Å². The third-order valence-corrected chi connectivity index (χ3v) is 1.82. The Kier molecular flexibility index (Phi) is 2.91. The Bertz CT molecular complexity index is 304. The van der Waals surface area contributed by atoms with Crippen molar-refractivity contribution >= 4 is 0 Å². The molecule has 0 radical (unpaired) electrons. The molecular weight excluding hydrogens is 154 g/mol. The monoisotopic (exact) mass is 167 g/mol. The highest BCUT2D eigenvalue weighted by Crippen LogP contribution is 2.12. The van der Waals surface area contributed by atoms with Gasteiger partial charge in [0.1, 0.15) is 5.75 Å². The number of unbranched alkanes of at least 4 members (excludes halogenated alkanes) is 1. The Balaban J connectivity index is 2.89. The first-order valence-corrected chi connectivity index (χ1v) is 4.15. The van der Waals surface area contributed by atoms with Gasteiger partial charge in [-0.2, -0.15) is 0 Å². The number of aromatic hydroxyl groups is 1. The molecule has 0 unspecified atom stereocenters. The summed E-state index contributed by atoms with van der Waals surface area (Å²) < 4.78 is 0. The van der Waals surface area contributed by atoms with Crippen LogP contribution in [0.3, 0.4) is 0 Å². The molecule has 0 saturated carbocycles. The molecule has 3 heteroatoms. The Morgan fingerprint density at radius 2 is 2.33 bits per heavy atom. The van der Waals surface area contributed by atoms with Gasteiger partial charge in [0.25, 0.3) is 5.56 Å². The number of pyridine rings is 1. The topological polar surface area (TPSA) is 53.1 Å². The highest BCUT2D eigenvalue weighted by molar-refractivity contribution is 5.28. The quantitative estimate of drug-likeness (QED) is 0.715. The zero-order valence-electron chi connectivity index (χ0n) is 7.13. The first kappa shape index (κ1) is 8.84. The zero-order chi connectivity index (χ0) is 8.97. The van der Waals surface area contributed by atoms with E-state index in [0.717, 1.165) is 12.8 Å². The van der Waals surface area contributed by atoms with Crippen LogP contribution < -0.4 is 5.56 Å². The molecule has 0 aliphatic carbocycles. The Hall–Kier alpha value is -1.25. The van der Waals surface area contributed by atoms with Crippen LogP contribution in [-0.4, -0.2) is 10.1 Å². The van der Waals surface area contributed by atoms with Crippen molar-refractivity contribution in [3.8, 4) is 5.75 Å². The third-order valence-electron chi connectivity index (χ3n) is 1.82. The number of hydrogen-bond acceptors (Lipinski definition) is 2. The number of aromatic nitrogens is 1. The lowest BCUT2D eigenvalue weighted by molar-refractivity contribution is 0.464. The molecule has 0 aliphatic rings. The standard InChI is InChI=1S/C9H13NO2/c1-2-3-4-7-8(11)5-6-10-9(7)12/h5-6H,2-4H2,1H3,(H2,10,11,12). The van der Waals surface area contributed by atoms with Crippen molar-refractivity contribution < 1.29 is 5.11 Å². The van der Waals surface area contributed by atoms with Crippen LogP contribution in [-0.2, 0) is 6.42 Å². The van der Waals surface area contributed by atoms with Gasteiger partial charge in [-0.25, -0.2) is 0 Å². The van der Waals surface area contributed by atoms with Crippen LogP contribution in [0.15, 0.2) is 17.1 Å². The van der Waals surface area contributed by atoms with Crippen molar-refractivity contribution in [1.82, 2.24) is 4.98 Å². The zero-order valence-corrected chi connectivity index (χ0v) is 7.13. The predicted octanol–water partition coefficient (Wildman–Crippen LogP) is 1.42. The molecule has 0 bridgehead atoms. The molecule has 0 aromatic carbocycles. The van der Waals surface area contributed by atoms with Crippen molar-refractivity contribution in [2.24, 2.45) is 0 Å². The molecule has 0 aliphatic heterocycles. The smallest absolute Gasteiger partial charge is 0.254 e. The van der Waals surface area contributed by atoms with Crippen molar-refractivity contribution in [3.63, 3.8) is 0 Å². The number of H-pyrrole nitrogens is 1. The summed E-state index contributed by atoms with van der Waals surface area (Å²) in [5.74, 6) is 0.104. The second kappa shape index (κ2) is 3.95. The largest absolute Gasteiger partial charge is 0.507 e. The molecule has 0 amide bonds. The van der Waals surface area contributed by atoms with Crippen LogP contribution in [0.25, 0.3) is 0 Å². The molecule has 66 valence electrons. The summed E-state index contributed by atoms with van der Waals surface area (Å²) in [6.45, 7) is 2.05. The van der Waals surface area contributed by atoms with Crippen LogP contribution in [0.5, 0.6) is 5.75 Å². The van der Waals surface area contributed by atoms with Gasteiger partial charge in [-0.1, -0.05) is 13.3 Å². The summed E-state index contributed by atoms with van der Waals surface area (Å²) in [5.41, 5.74) is 0.322. The van der Waals surface area contributed by atoms with E-state index >= 15 is 0 Å². The summed E-state index contributed by atoms with van der Waals surface area (Å²) in [6.07, 6.45) is 4.06. The fraction of sp³-hybridized carbons (Fsp3) is 0.444. The number of hydrogen-bond donors (Lipinski definition) is 2. The summed E-state index contributed by atoms with van der Waals surface area (Å²) in [6, 6.07) is 1.51. The molecule has 3 nitrogen and oxygen atoms in total. The normalized spacial score (nSPS) is 10.1. The van der Waals surface area contributed by atoms with Gasteiger partial charge in [-0.05, 0) is 18.9 Å². The van der Waals surface area contributed by atoms with Gasteiger partial charge < -0.3 is 10.1 Å². The molecule has 12 heavy (non-hydrogen) atoms. The second-order valence-electron chi connectivity index (χ2n) is 2.77. The van der Waals surface area contributed by atoms with Gasteiger partial charge in [0.15, 0.2) is 0 Å². The Morgan fingerprint density at radius 1 is 1.58 bits per heavy atom. The maximum absolute atomic E-state index is 11.1. The lowest BCUT2D eigenvalue weighted by Crippen LogP contribution is -2.11. The van der Waals surface area contributed by atoms with Crippen LogP contribution in [0.1, 0.15) is 25.3 Å². The molecule has 1 heterocycles. The van der Waals surface area contributed by atoms with Gasteiger partial charge in [0.05, 0.1) is 5.56 Å². The van der Waals surface area contributed by atoms with Gasteiger partial charge in [-0.15, -0.1) is 0 Å². The van der Waals surface area contributed by atoms with E-state index in [4.69, 9.17) is 0 Å². The minimum absolute atomic E-state index is 0.104.